The lowest BCUT2D eigenvalue weighted by Crippen LogP contribution is -2.38. The van der Waals surface area contributed by atoms with Gasteiger partial charge >= 0.3 is 6.03 Å². The van der Waals surface area contributed by atoms with E-state index >= 15 is 0 Å². The van der Waals surface area contributed by atoms with Crippen LogP contribution in [0.3, 0.4) is 0 Å². The fourth-order valence-corrected chi connectivity index (χ4v) is 1.95. The van der Waals surface area contributed by atoms with Gasteiger partial charge in [-0.3, -0.25) is 0 Å². The van der Waals surface area contributed by atoms with Crippen LogP contribution in [0.1, 0.15) is 5.56 Å². The zero-order valence-electron chi connectivity index (χ0n) is 12.5. The Balaban J connectivity index is 1.69. The number of rotatable bonds is 6. The van der Waals surface area contributed by atoms with Gasteiger partial charge in [0.05, 0.1) is 6.54 Å². The predicted octanol–water partition coefficient (Wildman–Crippen LogP) is 3.05. The number of urea groups is 1. The van der Waals surface area contributed by atoms with Crippen molar-refractivity contribution in [1.29, 1.82) is 0 Å². The summed E-state index contributed by atoms with van der Waals surface area (Å²) < 4.78 is 18.3. The van der Waals surface area contributed by atoms with Gasteiger partial charge in [-0.2, -0.15) is 0 Å². The minimum atomic E-state index is -0.343. The predicted molar refractivity (Wildman–Crippen MR) is 83.2 cm³/mol. The van der Waals surface area contributed by atoms with Crippen LogP contribution in [0.2, 0.25) is 0 Å². The van der Waals surface area contributed by atoms with E-state index in [1.165, 1.54) is 12.1 Å². The number of nitrogens with zero attached hydrogens (tertiary/aromatic N) is 1. The Kier molecular flexibility index (Phi) is 5.77. The van der Waals surface area contributed by atoms with Crippen molar-refractivity contribution in [1.82, 2.24) is 10.2 Å². The molecule has 5 heteroatoms. The molecule has 0 aliphatic heterocycles. The van der Waals surface area contributed by atoms with Crippen molar-refractivity contribution in [3.05, 3.63) is 66.0 Å². The van der Waals surface area contributed by atoms with Crippen molar-refractivity contribution in [3.8, 4) is 5.75 Å². The van der Waals surface area contributed by atoms with Gasteiger partial charge in [0.1, 0.15) is 18.2 Å². The molecular weight excluding hydrogens is 283 g/mol. The summed E-state index contributed by atoms with van der Waals surface area (Å²) in [7, 11) is 1.73. The summed E-state index contributed by atoms with van der Waals surface area (Å²) in [6.07, 6.45) is 0. The molecule has 0 aliphatic carbocycles. The molecule has 0 aliphatic rings. The quantitative estimate of drug-likeness (QED) is 0.833. The van der Waals surface area contributed by atoms with Crippen LogP contribution in [0.25, 0.3) is 0 Å². The Morgan fingerprint density at radius 2 is 1.95 bits per heavy atom. The summed E-state index contributed by atoms with van der Waals surface area (Å²) in [4.78, 5) is 13.5. The van der Waals surface area contributed by atoms with Gasteiger partial charge in [-0.25, -0.2) is 9.18 Å². The van der Waals surface area contributed by atoms with E-state index in [2.05, 4.69) is 5.32 Å². The largest absolute Gasteiger partial charge is 0.492 e. The first kappa shape index (κ1) is 15.8. The van der Waals surface area contributed by atoms with E-state index in [1.807, 2.05) is 30.3 Å². The fourth-order valence-electron chi connectivity index (χ4n) is 1.95. The van der Waals surface area contributed by atoms with E-state index in [-0.39, 0.29) is 18.5 Å². The second kappa shape index (κ2) is 8.02. The van der Waals surface area contributed by atoms with Crippen molar-refractivity contribution < 1.29 is 13.9 Å². The number of hydrogen-bond donors (Lipinski definition) is 1. The summed E-state index contributed by atoms with van der Waals surface area (Å²) in [6.45, 7) is 1.18. The van der Waals surface area contributed by atoms with Gasteiger partial charge in [0.25, 0.3) is 0 Å². The Morgan fingerprint density at radius 3 is 2.68 bits per heavy atom. The number of amides is 2. The first-order valence-electron chi connectivity index (χ1n) is 7.06. The number of carbonyl (C=O) groups excluding carboxylic acids is 1. The van der Waals surface area contributed by atoms with E-state index < -0.39 is 0 Å². The van der Waals surface area contributed by atoms with Crippen LogP contribution < -0.4 is 10.1 Å². The maximum atomic E-state index is 13.0. The van der Waals surface area contributed by atoms with E-state index in [0.29, 0.717) is 18.8 Å². The molecule has 2 amide bonds. The molecule has 0 saturated carbocycles. The molecule has 1 N–H and O–H groups in total. The van der Waals surface area contributed by atoms with Gasteiger partial charge in [0.2, 0.25) is 0 Å². The molecule has 116 valence electrons. The highest BCUT2D eigenvalue weighted by Crippen LogP contribution is 2.11. The molecule has 0 spiro atoms. The molecule has 0 heterocycles. The summed E-state index contributed by atoms with van der Waals surface area (Å²) >= 11 is 0. The Bertz CT molecular complexity index is 605. The minimum absolute atomic E-state index is 0.174. The van der Waals surface area contributed by atoms with Crippen LogP contribution >= 0.6 is 0 Å². The Morgan fingerprint density at radius 1 is 1.18 bits per heavy atom. The molecule has 4 nitrogen and oxygen atoms in total. The molecule has 0 aromatic heterocycles. The minimum Gasteiger partial charge on any atom is -0.492 e. The highest BCUT2D eigenvalue weighted by atomic mass is 19.1. The third-order valence-electron chi connectivity index (χ3n) is 3.05. The average Bonchev–Trinajstić information content (AvgIpc) is 2.52. The van der Waals surface area contributed by atoms with Gasteiger partial charge in [0.15, 0.2) is 0 Å². The van der Waals surface area contributed by atoms with Gasteiger partial charge in [-0.15, -0.1) is 0 Å². The van der Waals surface area contributed by atoms with Crippen molar-refractivity contribution in [2.45, 2.75) is 6.54 Å². The average molecular weight is 302 g/mol. The zero-order valence-corrected chi connectivity index (χ0v) is 12.5. The highest BCUT2D eigenvalue weighted by Gasteiger charge is 2.08. The molecule has 2 rings (SSSR count). The van der Waals surface area contributed by atoms with Gasteiger partial charge in [0, 0.05) is 19.7 Å². The molecular formula is C17H19FN2O2. The van der Waals surface area contributed by atoms with Crippen molar-refractivity contribution in [2.75, 3.05) is 20.2 Å². The van der Waals surface area contributed by atoms with Gasteiger partial charge in [-0.05, 0) is 17.7 Å². The molecule has 0 unspecified atom stereocenters. The summed E-state index contributed by atoms with van der Waals surface area (Å²) in [5, 5.41) is 2.76. The third kappa shape index (κ3) is 5.09. The highest BCUT2D eigenvalue weighted by molar-refractivity contribution is 5.73. The monoisotopic (exact) mass is 302 g/mol. The first-order valence-corrected chi connectivity index (χ1v) is 7.06. The van der Waals surface area contributed by atoms with Crippen LogP contribution in [-0.2, 0) is 6.54 Å². The van der Waals surface area contributed by atoms with E-state index in [1.54, 1.807) is 24.1 Å². The normalized spacial score (nSPS) is 10.1. The number of halogens is 1. The van der Waals surface area contributed by atoms with Gasteiger partial charge < -0.3 is 15.0 Å². The van der Waals surface area contributed by atoms with Crippen molar-refractivity contribution in [2.24, 2.45) is 0 Å². The maximum absolute atomic E-state index is 13.0. The van der Waals surface area contributed by atoms with Crippen LogP contribution in [0.4, 0.5) is 9.18 Å². The zero-order chi connectivity index (χ0) is 15.8. The maximum Gasteiger partial charge on any atom is 0.317 e. The second-order valence-electron chi connectivity index (χ2n) is 4.88. The van der Waals surface area contributed by atoms with Crippen molar-refractivity contribution in [3.63, 3.8) is 0 Å². The van der Waals surface area contributed by atoms with Crippen LogP contribution in [0.15, 0.2) is 54.6 Å². The third-order valence-corrected chi connectivity index (χ3v) is 3.05. The second-order valence-corrected chi connectivity index (χ2v) is 4.88. The first-order chi connectivity index (χ1) is 10.6. The summed E-state index contributed by atoms with van der Waals surface area (Å²) in [6, 6.07) is 15.5. The van der Waals surface area contributed by atoms with E-state index in [9.17, 15) is 9.18 Å². The number of carbonyl (C=O) groups is 1. The molecule has 2 aromatic rings. The van der Waals surface area contributed by atoms with E-state index in [4.69, 9.17) is 4.74 Å². The SMILES string of the molecule is CN(Cc1ccccc1)C(=O)NCCOc1cccc(F)c1. The molecule has 0 bridgehead atoms. The molecule has 0 saturated heterocycles. The van der Waals surface area contributed by atoms with Crippen LogP contribution in [-0.4, -0.2) is 31.1 Å². The molecule has 0 fully saturated rings. The standard InChI is InChI=1S/C17H19FN2O2/c1-20(13-14-6-3-2-4-7-14)17(21)19-10-11-22-16-9-5-8-15(18)12-16/h2-9,12H,10-11,13H2,1H3,(H,19,21). The number of hydrogen-bond acceptors (Lipinski definition) is 2. The molecule has 0 radical (unpaired) electrons. The molecule has 2 aromatic carbocycles. The lowest BCUT2D eigenvalue weighted by atomic mass is 10.2. The Hall–Kier alpha value is -2.56. The van der Waals surface area contributed by atoms with Crippen LogP contribution in [0.5, 0.6) is 5.75 Å². The van der Waals surface area contributed by atoms with Crippen molar-refractivity contribution >= 4 is 6.03 Å². The van der Waals surface area contributed by atoms with Gasteiger partial charge in [-0.1, -0.05) is 36.4 Å². The molecule has 22 heavy (non-hydrogen) atoms. The number of benzene rings is 2. The Labute approximate surface area is 129 Å². The number of nitrogens with one attached hydrogen (secondary N) is 1. The summed E-state index contributed by atoms with van der Waals surface area (Å²) in [5.74, 6) is 0.107. The topological polar surface area (TPSA) is 41.6 Å². The smallest absolute Gasteiger partial charge is 0.317 e. The number of ether oxygens (including phenoxy) is 1. The van der Waals surface area contributed by atoms with E-state index in [0.717, 1.165) is 5.56 Å². The fraction of sp³-hybridized carbons (Fsp3) is 0.235. The molecule has 0 atom stereocenters. The summed E-state index contributed by atoms with van der Waals surface area (Å²) in [5.41, 5.74) is 1.07. The van der Waals surface area contributed by atoms with Crippen LogP contribution in [0, 0.1) is 5.82 Å². The lowest BCUT2D eigenvalue weighted by Gasteiger charge is -2.18. The lowest BCUT2D eigenvalue weighted by molar-refractivity contribution is 0.203.